The minimum Gasteiger partial charge on any atom is -0.486 e. The van der Waals surface area contributed by atoms with Gasteiger partial charge in [-0.3, -0.25) is 9.59 Å². The molecule has 31 heavy (non-hydrogen) atoms. The number of halogens is 1. The Bertz CT molecular complexity index is 989. The molecule has 2 aromatic carbocycles. The van der Waals surface area contributed by atoms with Gasteiger partial charge in [0, 0.05) is 42.3 Å². The van der Waals surface area contributed by atoms with Crippen molar-refractivity contribution in [1.29, 1.82) is 0 Å². The van der Waals surface area contributed by atoms with Crippen LogP contribution >= 0.6 is 11.6 Å². The molecule has 1 atom stereocenters. The Kier molecular flexibility index (Phi) is 5.49. The number of piperidine rings is 1. The van der Waals surface area contributed by atoms with E-state index in [1.54, 1.807) is 6.07 Å². The van der Waals surface area contributed by atoms with Gasteiger partial charge in [-0.1, -0.05) is 23.7 Å². The summed E-state index contributed by atoms with van der Waals surface area (Å²) in [5, 5.41) is 0.731. The number of Topliss-reactive ketones (excluding diaryl/α,β-unsaturated/α-hetero) is 1. The summed E-state index contributed by atoms with van der Waals surface area (Å²) < 4.78 is 11.8. The lowest BCUT2D eigenvalue weighted by atomic mass is 9.74. The fraction of sp³-hybridized carbons (Fsp3) is 0.440. The van der Waals surface area contributed by atoms with E-state index in [2.05, 4.69) is 12.1 Å². The first-order chi connectivity index (χ1) is 15.0. The molecule has 2 aromatic rings. The SMILES string of the molecule is O=C1COc2ccc(C(=O)N3CCC(C4(c5ccc(Cl)cc5)CCCO4)CC3)cc2C1. The molecule has 0 aromatic heterocycles. The monoisotopic (exact) mass is 439 g/mol. The first-order valence-electron chi connectivity index (χ1n) is 11.0. The van der Waals surface area contributed by atoms with E-state index in [4.69, 9.17) is 21.1 Å². The summed E-state index contributed by atoms with van der Waals surface area (Å²) in [4.78, 5) is 26.8. The summed E-state index contributed by atoms with van der Waals surface area (Å²) in [5.41, 5.74) is 2.35. The average Bonchev–Trinajstić information content (AvgIpc) is 3.30. The van der Waals surface area contributed by atoms with Crippen LogP contribution in [0.2, 0.25) is 5.02 Å². The Labute approximate surface area is 187 Å². The quantitative estimate of drug-likeness (QED) is 0.711. The normalized spacial score (nSPS) is 24.0. The Morgan fingerprint density at radius 2 is 1.87 bits per heavy atom. The molecule has 2 fully saturated rings. The van der Waals surface area contributed by atoms with Crippen LogP contribution in [0.25, 0.3) is 0 Å². The summed E-state index contributed by atoms with van der Waals surface area (Å²) >= 11 is 6.10. The van der Waals surface area contributed by atoms with Gasteiger partial charge in [0.1, 0.15) is 12.4 Å². The summed E-state index contributed by atoms with van der Waals surface area (Å²) in [6.07, 6.45) is 4.20. The van der Waals surface area contributed by atoms with Gasteiger partial charge in [0.15, 0.2) is 5.78 Å². The largest absolute Gasteiger partial charge is 0.486 e. The molecule has 0 N–H and O–H groups in total. The second-order valence-electron chi connectivity index (χ2n) is 8.74. The topological polar surface area (TPSA) is 55.8 Å². The lowest BCUT2D eigenvalue weighted by Crippen LogP contribution is -2.45. The number of carbonyl (C=O) groups excluding carboxylic acids is 2. The van der Waals surface area contributed by atoms with Gasteiger partial charge in [-0.15, -0.1) is 0 Å². The maximum atomic E-state index is 13.1. The maximum Gasteiger partial charge on any atom is 0.253 e. The summed E-state index contributed by atoms with van der Waals surface area (Å²) in [7, 11) is 0. The number of carbonyl (C=O) groups is 2. The number of likely N-dealkylation sites (tertiary alicyclic amines) is 1. The molecule has 1 amide bonds. The lowest BCUT2D eigenvalue weighted by Gasteiger charge is -2.42. The summed E-state index contributed by atoms with van der Waals surface area (Å²) in [5.74, 6) is 1.14. The zero-order valence-corrected chi connectivity index (χ0v) is 18.2. The zero-order chi connectivity index (χ0) is 21.4. The minimum atomic E-state index is -0.275. The molecule has 0 radical (unpaired) electrons. The molecule has 5 nitrogen and oxygen atoms in total. The predicted octanol–water partition coefficient (Wildman–Crippen LogP) is 4.40. The number of ketones is 1. The molecule has 3 heterocycles. The van der Waals surface area contributed by atoms with Crippen LogP contribution in [0.4, 0.5) is 0 Å². The molecular weight excluding hydrogens is 414 g/mol. The highest BCUT2D eigenvalue weighted by molar-refractivity contribution is 6.30. The number of rotatable bonds is 3. The van der Waals surface area contributed by atoms with Crippen LogP contribution in [0.1, 0.15) is 47.2 Å². The van der Waals surface area contributed by atoms with Crippen molar-refractivity contribution in [1.82, 2.24) is 4.90 Å². The van der Waals surface area contributed by atoms with Gasteiger partial charge in [0.2, 0.25) is 0 Å². The van der Waals surface area contributed by atoms with Crippen molar-refractivity contribution in [3.63, 3.8) is 0 Å². The Hall–Kier alpha value is -2.37. The molecular formula is C25H26ClNO4. The molecule has 3 aliphatic heterocycles. The third-order valence-corrected chi connectivity index (χ3v) is 7.16. The van der Waals surface area contributed by atoms with E-state index in [9.17, 15) is 9.59 Å². The average molecular weight is 440 g/mol. The number of fused-ring (bicyclic) bond motifs is 1. The van der Waals surface area contributed by atoms with Crippen molar-refractivity contribution >= 4 is 23.3 Å². The van der Waals surface area contributed by atoms with Gasteiger partial charge in [-0.05, 0) is 67.5 Å². The van der Waals surface area contributed by atoms with E-state index < -0.39 is 0 Å². The Morgan fingerprint density at radius 1 is 1.10 bits per heavy atom. The highest BCUT2D eigenvalue weighted by Gasteiger charge is 2.45. The van der Waals surface area contributed by atoms with E-state index in [1.165, 1.54) is 5.56 Å². The van der Waals surface area contributed by atoms with Crippen LogP contribution in [0.15, 0.2) is 42.5 Å². The molecule has 2 saturated heterocycles. The molecule has 162 valence electrons. The molecule has 3 aliphatic rings. The molecule has 6 heteroatoms. The van der Waals surface area contributed by atoms with Crippen molar-refractivity contribution in [3.05, 3.63) is 64.2 Å². The molecule has 1 unspecified atom stereocenters. The van der Waals surface area contributed by atoms with Crippen LogP contribution in [-0.4, -0.2) is 42.9 Å². The molecule has 0 aliphatic carbocycles. The first kappa shape index (κ1) is 20.5. The molecule has 5 rings (SSSR count). The van der Waals surface area contributed by atoms with Gasteiger partial charge >= 0.3 is 0 Å². The predicted molar refractivity (Wildman–Crippen MR) is 118 cm³/mol. The van der Waals surface area contributed by atoms with E-state index in [-0.39, 0.29) is 23.9 Å². The highest BCUT2D eigenvalue weighted by atomic mass is 35.5. The van der Waals surface area contributed by atoms with E-state index in [0.29, 0.717) is 36.7 Å². The van der Waals surface area contributed by atoms with Crippen LogP contribution in [0, 0.1) is 5.92 Å². The second-order valence-corrected chi connectivity index (χ2v) is 9.18. The number of nitrogens with zero attached hydrogens (tertiary/aromatic N) is 1. The summed E-state index contributed by atoms with van der Waals surface area (Å²) in [6.45, 7) is 2.30. The number of benzene rings is 2. The number of ether oxygens (including phenoxy) is 2. The van der Waals surface area contributed by atoms with Crippen molar-refractivity contribution in [2.45, 2.75) is 37.7 Å². The van der Waals surface area contributed by atoms with Gasteiger partial charge < -0.3 is 14.4 Å². The third kappa shape index (κ3) is 3.85. The van der Waals surface area contributed by atoms with Crippen LogP contribution in [-0.2, 0) is 21.6 Å². The molecule has 0 saturated carbocycles. The fourth-order valence-electron chi connectivity index (χ4n) is 5.32. The number of hydrogen-bond acceptors (Lipinski definition) is 4. The first-order valence-corrected chi connectivity index (χ1v) is 11.4. The van der Waals surface area contributed by atoms with Crippen molar-refractivity contribution in [3.8, 4) is 5.75 Å². The lowest BCUT2D eigenvalue weighted by molar-refractivity contribution is -0.121. The van der Waals surface area contributed by atoms with Gasteiger partial charge in [-0.2, -0.15) is 0 Å². The summed E-state index contributed by atoms with van der Waals surface area (Å²) in [6, 6.07) is 13.5. The zero-order valence-electron chi connectivity index (χ0n) is 17.4. The molecule has 0 spiro atoms. The van der Waals surface area contributed by atoms with Crippen molar-refractivity contribution in [2.75, 3.05) is 26.3 Å². The van der Waals surface area contributed by atoms with Crippen molar-refractivity contribution < 1.29 is 19.1 Å². The van der Waals surface area contributed by atoms with E-state index in [1.807, 2.05) is 29.2 Å². The minimum absolute atomic E-state index is 0.0205. The van der Waals surface area contributed by atoms with Gasteiger partial charge in [0.05, 0.1) is 5.60 Å². The van der Waals surface area contributed by atoms with Crippen LogP contribution in [0.3, 0.4) is 0 Å². The van der Waals surface area contributed by atoms with E-state index >= 15 is 0 Å². The van der Waals surface area contributed by atoms with E-state index in [0.717, 1.165) is 42.9 Å². The maximum absolute atomic E-state index is 13.1. The smallest absolute Gasteiger partial charge is 0.253 e. The Morgan fingerprint density at radius 3 is 2.58 bits per heavy atom. The highest BCUT2D eigenvalue weighted by Crippen LogP contribution is 2.47. The fourth-order valence-corrected chi connectivity index (χ4v) is 5.45. The van der Waals surface area contributed by atoms with Gasteiger partial charge in [0.25, 0.3) is 5.91 Å². The van der Waals surface area contributed by atoms with Gasteiger partial charge in [-0.25, -0.2) is 0 Å². The number of amides is 1. The second kappa shape index (κ2) is 8.29. The van der Waals surface area contributed by atoms with Crippen LogP contribution in [0.5, 0.6) is 5.75 Å². The van der Waals surface area contributed by atoms with Crippen molar-refractivity contribution in [2.24, 2.45) is 5.92 Å². The standard InChI is InChI=1S/C25H26ClNO4/c26-21-5-3-19(4-6-21)25(10-1-13-31-25)20-8-11-27(12-9-20)24(29)17-2-7-23-18(14-17)15-22(28)16-30-23/h2-7,14,20H,1,8-13,15-16H2. The number of hydrogen-bond donors (Lipinski definition) is 0. The third-order valence-electron chi connectivity index (χ3n) is 6.91. The molecule has 0 bridgehead atoms. The Balaban J connectivity index is 1.30. The van der Waals surface area contributed by atoms with Crippen LogP contribution < -0.4 is 4.74 Å².